The number of nitrogens with one attached hydrogen (secondary N) is 1. The molecule has 0 aromatic carbocycles. The normalized spacial score (nSPS) is 33.9. The van der Waals surface area contributed by atoms with Gasteiger partial charge < -0.3 is 15.2 Å². The van der Waals surface area contributed by atoms with Crippen LogP contribution < -0.4 is 5.32 Å². The van der Waals surface area contributed by atoms with Crippen LogP contribution in [0.4, 0.5) is 0 Å². The van der Waals surface area contributed by atoms with Crippen LogP contribution in [0, 0.1) is 5.92 Å². The summed E-state index contributed by atoms with van der Waals surface area (Å²) in [6.45, 7) is 1.01. The van der Waals surface area contributed by atoms with E-state index in [-0.39, 0.29) is 0 Å². The average molecular weight is 213 g/mol. The van der Waals surface area contributed by atoms with Crippen molar-refractivity contribution in [1.29, 1.82) is 0 Å². The first kappa shape index (κ1) is 10.9. The van der Waals surface area contributed by atoms with Gasteiger partial charge in [0.1, 0.15) is 0 Å². The van der Waals surface area contributed by atoms with Crippen molar-refractivity contribution in [3.63, 3.8) is 0 Å². The summed E-state index contributed by atoms with van der Waals surface area (Å²) in [4.78, 5) is 10.7. The van der Waals surface area contributed by atoms with Gasteiger partial charge in [-0.3, -0.25) is 0 Å². The molecule has 2 atom stereocenters. The molecule has 2 N–H and O–H groups in total. The molecule has 4 heteroatoms. The van der Waals surface area contributed by atoms with Crippen molar-refractivity contribution in [3.8, 4) is 0 Å². The molecule has 4 nitrogen and oxygen atoms in total. The first-order valence-corrected chi connectivity index (χ1v) is 5.85. The minimum absolute atomic E-state index is 0.376. The number of aliphatic carboxylic acids is 1. The van der Waals surface area contributed by atoms with E-state index in [1.54, 1.807) is 0 Å². The molecule has 0 spiro atoms. The Morgan fingerprint density at radius 2 is 2.00 bits per heavy atom. The molecule has 15 heavy (non-hydrogen) atoms. The fraction of sp³-hybridized carbons (Fsp3) is 0.909. The monoisotopic (exact) mass is 213 g/mol. The maximum absolute atomic E-state index is 10.7. The molecule has 0 aromatic heterocycles. The third-order valence-corrected chi connectivity index (χ3v) is 3.54. The molecule has 1 heterocycles. The smallest absolute Gasteiger partial charge is 0.334 e. The summed E-state index contributed by atoms with van der Waals surface area (Å²) in [7, 11) is 0. The van der Waals surface area contributed by atoms with Crippen LogP contribution in [0.5, 0.6) is 0 Å². The quantitative estimate of drug-likeness (QED) is 0.718. The number of carboxylic acid groups (broad SMARTS) is 1. The largest absolute Gasteiger partial charge is 0.479 e. The van der Waals surface area contributed by atoms with Crippen molar-refractivity contribution in [2.75, 3.05) is 13.2 Å². The minimum Gasteiger partial charge on any atom is -0.479 e. The number of carboxylic acids is 1. The highest BCUT2D eigenvalue weighted by Crippen LogP contribution is 2.27. The zero-order chi connectivity index (χ0) is 10.7. The maximum atomic E-state index is 10.7. The molecule has 1 saturated heterocycles. The number of hydrogen-bond donors (Lipinski definition) is 2. The molecule has 2 fully saturated rings. The Balaban J connectivity index is 1.79. The van der Waals surface area contributed by atoms with Crippen LogP contribution in [0.1, 0.15) is 32.1 Å². The summed E-state index contributed by atoms with van der Waals surface area (Å²) < 4.78 is 5.34. The van der Waals surface area contributed by atoms with Crippen LogP contribution in [-0.2, 0) is 9.53 Å². The molecule has 2 rings (SSSR count). The Bertz CT molecular complexity index is 218. The van der Waals surface area contributed by atoms with Crippen LogP contribution in [-0.4, -0.2) is 36.4 Å². The minimum atomic E-state index is -0.857. The predicted molar refractivity (Wildman–Crippen MR) is 55.7 cm³/mol. The van der Waals surface area contributed by atoms with Gasteiger partial charge in [0.15, 0.2) is 6.10 Å². The molecule has 0 aromatic rings. The lowest BCUT2D eigenvalue weighted by atomic mass is 9.84. The molecule has 2 aliphatic rings. The lowest BCUT2D eigenvalue weighted by Crippen LogP contribution is -2.52. The van der Waals surface area contributed by atoms with Gasteiger partial charge >= 0.3 is 5.97 Å². The lowest BCUT2D eigenvalue weighted by molar-refractivity contribution is -0.153. The zero-order valence-electron chi connectivity index (χ0n) is 8.95. The van der Waals surface area contributed by atoms with Crippen LogP contribution >= 0.6 is 0 Å². The summed E-state index contributed by atoms with van der Waals surface area (Å²) in [5, 5.41) is 12.1. The van der Waals surface area contributed by atoms with E-state index in [1.807, 2.05) is 0 Å². The number of ether oxygens (including phenoxy) is 1. The van der Waals surface area contributed by atoms with Gasteiger partial charge in [-0.05, 0) is 18.8 Å². The van der Waals surface area contributed by atoms with E-state index in [0.29, 0.717) is 25.1 Å². The van der Waals surface area contributed by atoms with Gasteiger partial charge in [0.2, 0.25) is 0 Å². The van der Waals surface area contributed by atoms with Crippen LogP contribution in [0.3, 0.4) is 0 Å². The molecule has 2 unspecified atom stereocenters. The van der Waals surface area contributed by atoms with Crippen LogP contribution in [0.15, 0.2) is 0 Å². The van der Waals surface area contributed by atoms with Gasteiger partial charge in [-0.1, -0.05) is 19.3 Å². The standard InChI is InChI=1S/C11H19NO3/c13-11(14)10-6-12-9(7-15-10)8-4-2-1-3-5-8/h8-10,12H,1-7H2,(H,13,14). The van der Waals surface area contributed by atoms with E-state index in [2.05, 4.69) is 5.32 Å². The van der Waals surface area contributed by atoms with Gasteiger partial charge in [-0.2, -0.15) is 0 Å². The third-order valence-electron chi connectivity index (χ3n) is 3.54. The van der Waals surface area contributed by atoms with E-state index in [9.17, 15) is 4.79 Å². The highest BCUT2D eigenvalue weighted by atomic mass is 16.5. The molecule has 1 aliphatic carbocycles. The molecule has 1 aliphatic heterocycles. The average Bonchev–Trinajstić information content (AvgIpc) is 2.30. The molecule has 1 saturated carbocycles. The van der Waals surface area contributed by atoms with Crippen LogP contribution in [0.2, 0.25) is 0 Å². The second-order valence-electron chi connectivity index (χ2n) is 4.57. The summed E-state index contributed by atoms with van der Waals surface area (Å²) >= 11 is 0. The maximum Gasteiger partial charge on any atom is 0.334 e. The van der Waals surface area contributed by atoms with E-state index in [0.717, 1.165) is 0 Å². The molecule has 86 valence electrons. The van der Waals surface area contributed by atoms with Gasteiger partial charge in [0.05, 0.1) is 6.61 Å². The number of morpholine rings is 1. The van der Waals surface area contributed by atoms with Crippen LogP contribution in [0.25, 0.3) is 0 Å². The topological polar surface area (TPSA) is 58.6 Å². The van der Waals surface area contributed by atoms with E-state index in [4.69, 9.17) is 9.84 Å². The Hall–Kier alpha value is -0.610. The fourth-order valence-electron chi connectivity index (χ4n) is 2.59. The molecule has 0 bridgehead atoms. The second kappa shape index (κ2) is 4.94. The van der Waals surface area contributed by atoms with Crippen molar-refractivity contribution in [2.24, 2.45) is 5.92 Å². The fourth-order valence-corrected chi connectivity index (χ4v) is 2.59. The van der Waals surface area contributed by atoms with E-state index < -0.39 is 12.1 Å². The molecule has 0 radical (unpaired) electrons. The Kier molecular flexibility index (Phi) is 3.59. The lowest BCUT2D eigenvalue weighted by Gasteiger charge is -2.35. The molecular weight excluding hydrogens is 194 g/mol. The van der Waals surface area contributed by atoms with Crippen molar-refractivity contribution >= 4 is 5.97 Å². The van der Waals surface area contributed by atoms with Crippen molar-refractivity contribution in [3.05, 3.63) is 0 Å². The first-order valence-electron chi connectivity index (χ1n) is 5.85. The predicted octanol–water partition coefficient (Wildman–Crippen LogP) is 1.01. The number of rotatable bonds is 2. The Morgan fingerprint density at radius 1 is 1.27 bits per heavy atom. The van der Waals surface area contributed by atoms with Gasteiger partial charge in [-0.25, -0.2) is 4.79 Å². The molecule has 0 amide bonds. The van der Waals surface area contributed by atoms with Crippen molar-refractivity contribution < 1.29 is 14.6 Å². The van der Waals surface area contributed by atoms with Gasteiger partial charge in [-0.15, -0.1) is 0 Å². The highest BCUT2D eigenvalue weighted by molar-refractivity contribution is 5.72. The Labute approximate surface area is 90.0 Å². The highest BCUT2D eigenvalue weighted by Gasteiger charge is 2.31. The van der Waals surface area contributed by atoms with E-state index >= 15 is 0 Å². The first-order chi connectivity index (χ1) is 7.27. The summed E-state index contributed by atoms with van der Waals surface area (Å²) in [5.41, 5.74) is 0. The summed E-state index contributed by atoms with van der Waals surface area (Å²) in [5.74, 6) is -0.168. The summed E-state index contributed by atoms with van der Waals surface area (Å²) in [6.07, 6.45) is 5.85. The zero-order valence-corrected chi connectivity index (χ0v) is 8.95. The molecular formula is C11H19NO3. The van der Waals surface area contributed by atoms with Gasteiger partial charge in [0, 0.05) is 12.6 Å². The number of carbonyl (C=O) groups is 1. The SMILES string of the molecule is O=C(O)C1CNC(C2CCCCC2)CO1. The number of hydrogen-bond acceptors (Lipinski definition) is 3. The van der Waals surface area contributed by atoms with E-state index in [1.165, 1.54) is 32.1 Å². The third kappa shape index (κ3) is 2.69. The van der Waals surface area contributed by atoms with Crippen molar-refractivity contribution in [1.82, 2.24) is 5.32 Å². The second-order valence-corrected chi connectivity index (χ2v) is 4.57. The Morgan fingerprint density at radius 3 is 2.53 bits per heavy atom. The van der Waals surface area contributed by atoms with Crippen molar-refractivity contribution in [2.45, 2.75) is 44.2 Å². The summed E-state index contributed by atoms with van der Waals surface area (Å²) in [6, 6.07) is 0.376. The van der Waals surface area contributed by atoms with Gasteiger partial charge in [0.25, 0.3) is 0 Å².